The van der Waals surface area contributed by atoms with Crippen LogP contribution in [0.15, 0.2) is 76.5 Å². The predicted molar refractivity (Wildman–Crippen MR) is 168 cm³/mol. The molecule has 0 heterocycles. The Morgan fingerprint density at radius 2 is 1.61 bits per heavy atom. The first-order valence-corrected chi connectivity index (χ1v) is 16.7. The number of rotatable bonds is 13. The highest BCUT2D eigenvalue weighted by Gasteiger charge is 2.33. The van der Waals surface area contributed by atoms with E-state index in [0.29, 0.717) is 34.3 Å². The number of nitrogens with one attached hydrogen (secondary N) is 1. The number of carbonyl (C=O) groups is 2. The molecule has 0 aromatic heterocycles. The molecule has 1 atom stereocenters. The molecule has 2 amide bonds. The number of thioether (sulfide) groups is 1. The highest BCUT2D eigenvalue weighted by Crippen LogP contribution is 2.28. The Bertz CT molecular complexity index is 1450. The van der Waals surface area contributed by atoms with Crippen molar-refractivity contribution < 1.29 is 18.0 Å². The number of aryl methyl sites for hydroxylation is 1. The van der Waals surface area contributed by atoms with Gasteiger partial charge in [0.15, 0.2) is 0 Å². The summed E-state index contributed by atoms with van der Waals surface area (Å²) >= 11 is 13.8. The van der Waals surface area contributed by atoms with Gasteiger partial charge in [-0.2, -0.15) is 0 Å². The number of hydrogen-bond donors (Lipinski definition) is 1. The maximum absolute atomic E-state index is 14.1. The maximum Gasteiger partial charge on any atom is 0.264 e. The average molecular weight is 637 g/mol. The lowest BCUT2D eigenvalue weighted by Crippen LogP contribution is -2.52. The van der Waals surface area contributed by atoms with E-state index in [1.807, 2.05) is 27.0 Å². The van der Waals surface area contributed by atoms with E-state index in [2.05, 4.69) is 5.32 Å². The molecule has 7 nitrogen and oxygen atoms in total. The summed E-state index contributed by atoms with van der Waals surface area (Å²) in [5, 5.41) is 3.55. The number of hydrogen-bond acceptors (Lipinski definition) is 5. The minimum atomic E-state index is -4.14. The largest absolute Gasteiger partial charge is 0.354 e. The van der Waals surface area contributed by atoms with Crippen LogP contribution >= 0.6 is 35.0 Å². The highest BCUT2D eigenvalue weighted by molar-refractivity contribution is 7.98. The fraction of sp³-hybridized carbons (Fsp3) is 0.333. The van der Waals surface area contributed by atoms with E-state index in [1.54, 1.807) is 54.6 Å². The van der Waals surface area contributed by atoms with Crippen LogP contribution in [0.3, 0.4) is 0 Å². The zero-order chi connectivity index (χ0) is 30.2. The van der Waals surface area contributed by atoms with Gasteiger partial charge in [-0.15, -0.1) is 11.8 Å². The van der Waals surface area contributed by atoms with Crippen LogP contribution in [0.5, 0.6) is 0 Å². The van der Waals surface area contributed by atoms with Gasteiger partial charge in [-0.25, -0.2) is 8.42 Å². The molecule has 0 aliphatic heterocycles. The molecule has 0 radical (unpaired) electrons. The molecule has 1 N–H and O–H groups in total. The standard InChI is InChI=1S/C30H35Cl2N3O4S2/c1-5-17-33-30(37)28(6-2)34(19-22-9-16-26(31)27(32)18-22)29(36)20-35(23-10-7-21(3)8-11-23)41(38,39)25-14-12-24(40-4)13-15-25/h7-16,18,28H,5-6,17,19-20H2,1-4H3,(H,33,37). The fourth-order valence-corrected chi connectivity index (χ4v) is 6.38. The minimum Gasteiger partial charge on any atom is -0.354 e. The Morgan fingerprint density at radius 3 is 2.17 bits per heavy atom. The summed E-state index contributed by atoms with van der Waals surface area (Å²) in [5.74, 6) is -0.834. The third-order valence-electron chi connectivity index (χ3n) is 6.52. The number of sulfonamides is 1. The summed E-state index contributed by atoms with van der Waals surface area (Å²) in [7, 11) is -4.14. The molecule has 0 spiro atoms. The minimum absolute atomic E-state index is 0.0397. The molecule has 0 fully saturated rings. The van der Waals surface area contributed by atoms with Crippen molar-refractivity contribution in [3.05, 3.63) is 87.9 Å². The first-order chi connectivity index (χ1) is 19.5. The van der Waals surface area contributed by atoms with E-state index in [1.165, 1.54) is 28.8 Å². The van der Waals surface area contributed by atoms with Gasteiger partial charge in [0.1, 0.15) is 12.6 Å². The van der Waals surface area contributed by atoms with Crippen LogP contribution in [0.2, 0.25) is 10.0 Å². The van der Waals surface area contributed by atoms with E-state index >= 15 is 0 Å². The van der Waals surface area contributed by atoms with Crippen molar-refractivity contribution in [1.82, 2.24) is 10.2 Å². The SMILES string of the molecule is CCCNC(=O)C(CC)N(Cc1ccc(Cl)c(Cl)c1)C(=O)CN(c1ccc(C)cc1)S(=O)(=O)c1ccc(SC)cc1. The van der Waals surface area contributed by atoms with Crippen molar-refractivity contribution >= 4 is 62.5 Å². The third-order valence-corrected chi connectivity index (χ3v) is 9.79. The third kappa shape index (κ3) is 8.41. The summed E-state index contributed by atoms with van der Waals surface area (Å²) in [6.45, 7) is 5.64. The van der Waals surface area contributed by atoms with Crippen LogP contribution in [-0.4, -0.2) is 50.5 Å². The Hall–Kier alpha value is -2.72. The van der Waals surface area contributed by atoms with E-state index in [0.717, 1.165) is 21.2 Å². The Kier molecular flexibility index (Phi) is 12.0. The predicted octanol–water partition coefficient (Wildman–Crippen LogP) is 6.55. The van der Waals surface area contributed by atoms with Crippen molar-refractivity contribution in [2.75, 3.05) is 23.7 Å². The van der Waals surface area contributed by atoms with Gasteiger partial charge in [0.25, 0.3) is 10.0 Å². The molecule has 3 rings (SSSR count). The van der Waals surface area contributed by atoms with Gasteiger partial charge in [-0.3, -0.25) is 13.9 Å². The zero-order valence-corrected chi connectivity index (χ0v) is 26.7. The van der Waals surface area contributed by atoms with Gasteiger partial charge < -0.3 is 10.2 Å². The van der Waals surface area contributed by atoms with E-state index in [4.69, 9.17) is 23.2 Å². The van der Waals surface area contributed by atoms with Crippen LogP contribution < -0.4 is 9.62 Å². The quantitative estimate of drug-likeness (QED) is 0.215. The van der Waals surface area contributed by atoms with Crippen LogP contribution in [0.25, 0.3) is 0 Å². The van der Waals surface area contributed by atoms with Gasteiger partial charge in [0.05, 0.1) is 20.6 Å². The number of anilines is 1. The fourth-order valence-electron chi connectivity index (χ4n) is 4.23. The first kappa shape index (κ1) is 32.8. The zero-order valence-electron chi connectivity index (χ0n) is 23.6. The molecule has 1 unspecified atom stereocenters. The maximum atomic E-state index is 14.1. The molecule has 0 aliphatic rings. The van der Waals surface area contributed by atoms with Gasteiger partial charge in [0.2, 0.25) is 11.8 Å². The number of halogens is 2. The van der Waals surface area contributed by atoms with Crippen LogP contribution in [0.1, 0.15) is 37.8 Å². The summed E-state index contributed by atoms with van der Waals surface area (Å²) in [6, 6.07) is 17.6. The molecule has 220 valence electrons. The van der Waals surface area contributed by atoms with Crippen LogP contribution in [-0.2, 0) is 26.2 Å². The lowest BCUT2D eigenvalue weighted by atomic mass is 10.1. The second-order valence-electron chi connectivity index (χ2n) is 9.51. The second-order valence-corrected chi connectivity index (χ2v) is 13.1. The van der Waals surface area contributed by atoms with Gasteiger partial charge in [0, 0.05) is 18.0 Å². The van der Waals surface area contributed by atoms with Crippen molar-refractivity contribution in [3.8, 4) is 0 Å². The van der Waals surface area contributed by atoms with E-state index in [9.17, 15) is 18.0 Å². The van der Waals surface area contributed by atoms with Gasteiger partial charge in [-0.1, -0.05) is 60.8 Å². The monoisotopic (exact) mass is 635 g/mol. The summed E-state index contributed by atoms with van der Waals surface area (Å²) < 4.78 is 29.0. The van der Waals surface area contributed by atoms with E-state index in [-0.39, 0.29) is 17.3 Å². The Morgan fingerprint density at radius 1 is 0.951 bits per heavy atom. The van der Waals surface area contributed by atoms with Gasteiger partial charge in [-0.05, 0) is 80.1 Å². The van der Waals surface area contributed by atoms with Crippen molar-refractivity contribution in [1.29, 1.82) is 0 Å². The van der Waals surface area contributed by atoms with Crippen molar-refractivity contribution in [2.45, 2.75) is 56.0 Å². The first-order valence-electron chi connectivity index (χ1n) is 13.3. The summed E-state index contributed by atoms with van der Waals surface area (Å²) in [6.07, 6.45) is 2.97. The molecular weight excluding hydrogens is 601 g/mol. The Labute approximate surface area is 257 Å². The molecule has 0 saturated carbocycles. The number of carbonyl (C=O) groups excluding carboxylic acids is 2. The van der Waals surface area contributed by atoms with Crippen LogP contribution in [0, 0.1) is 6.92 Å². The Balaban J connectivity index is 2.06. The van der Waals surface area contributed by atoms with Crippen LogP contribution in [0.4, 0.5) is 5.69 Å². The highest BCUT2D eigenvalue weighted by atomic mass is 35.5. The molecule has 3 aromatic rings. The molecule has 0 aliphatic carbocycles. The van der Waals surface area contributed by atoms with Crippen molar-refractivity contribution in [3.63, 3.8) is 0 Å². The smallest absolute Gasteiger partial charge is 0.264 e. The van der Waals surface area contributed by atoms with E-state index < -0.39 is 28.5 Å². The number of benzene rings is 3. The molecule has 41 heavy (non-hydrogen) atoms. The van der Waals surface area contributed by atoms with Crippen molar-refractivity contribution in [2.24, 2.45) is 0 Å². The molecule has 0 bridgehead atoms. The number of nitrogens with zero attached hydrogens (tertiary/aromatic N) is 2. The summed E-state index contributed by atoms with van der Waals surface area (Å²) in [4.78, 5) is 29.7. The number of amides is 2. The average Bonchev–Trinajstić information content (AvgIpc) is 2.96. The lowest BCUT2D eigenvalue weighted by Gasteiger charge is -2.33. The normalized spacial score (nSPS) is 12.0. The lowest BCUT2D eigenvalue weighted by molar-refractivity contribution is -0.140. The topological polar surface area (TPSA) is 86.8 Å². The molecule has 11 heteroatoms. The molecule has 3 aromatic carbocycles. The van der Waals surface area contributed by atoms with Gasteiger partial charge >= 0.3 is 0 Å². The molecular formula is C30H35Cl2N3O4S2. The molecule has 0 saturated heterocycles. The summed E-state index contributed by atoms with van der Waals surface area (Å²) in [5.41, 5.74) is 1.95. The second kappa shape index (κ2) is 15.0.